The van der Waals surface area contributed by atoms with E-state index in [-0.39, 0.29) is 12.4 Å². The molecule has 0 heterocycles. The minimum Gasteiger partial charge on any atom is -0.490 e. The second-order valence-corrected chi connectivity index (χ2v) is 7.39. The molecule has 102 valence electrons. The van der Waals surface area contributed by atoms with E-state index in [2.05, 4.69) is 15.9 Å². The molecule has 4 nitrogen and oxygen atoms in total. The van der Waals surface area contributed by atoms with Crippen LogP contribution in [0.15, 0.2) is 22.7 Å². The number of halogens is 2. The van der Waals surface area contributed by atoms with Gasteiger partial charge in [-0.25, -0.2) is 8.42 Å². The fourth-order valence-corrected chi connectivity index (χ4v) is 2.31. The molecule has 0 spiro atoms. The van der Waals surface area contributed by atoms with Crippen LogP contribution in [0.1, 0.15) is 5.56 Å². The topological polar surface area (TPSA) is 52.6 Å². The normalized spacial score (nSPS) is 11.5. The van der Waals surface area contributed by atoms with E-state index >= 15 is 0 Å². The van der Waals surface area contributed by atoms with Crippen LogP contribution in [0.3, 0.4) is 0 Å². The Labute approximate surface area is 120 Å². The zero-order chi connectivity index (χ0) is 13.6. The molecular weight excluding hydrogens is 344 g/mol. The summed E-state index contributed by atoms with van der Waals surface area (Å²) in [6.45, 7) is 2.73. The van der Waals surface area contributed by atoms with Crippen molar-refractivity contribution in [3.63, 3.8) is 0 Å². The van der Waals surface area contributed by atoms with Gasteiger partial charge in [0, 0.05) is 10.7 Å². The van der Waals surface area contributed by atoms with Crippen molar-refractivity contribution >= 4 is 35.7 Å². The number of aryl methyl sites for hydroxylation is 1. The number of hydrogen-bond acceptors (Lipinski definition) is 4. The molecule has 0 saturated heterocycles. The molecule has 0 amide bonds. The summed E-state index contributed by atoms with van der Waals surface area (Å²) in [5.74, 6) is 0.539. The predicted molar refractivity (Wildman–Crippen MR) is 74.8 cm³/mol. The van der Waals surface area contributed by atoms with Crippen LogP contribution in [0, 0.1) is 6.92 Å². The lowest BCUT2D eigenvalue weighted by molar-refractivity contribution is 0.111. The molecule has 0 atom stereocenters. The molecule has 0 aromatic heterocycles. The van der Waals surface area contributed by atoms with E-state index in [9.17, 15) is 8.42 Å². The molecule has 0 aliphatic heterocycles. The van der Waals surface area contributed by atoms with E-state index < -0.39 is 9.05 Å². The van der Waals surface area contributed by atoms with E-state index in [0.717, 1.165) is 15.8 Å². The summed E-state index contributed by atoms with van der Waals surface area (Å²) in [7, 11) is 1.56. The summed E-state index contributed by atoms with van der Waals surface area (Å²) in [5, 5.41) is 0. The summed E-state index contributed by atoms with van der Waals surface area (Å²) in [6, 6.07) is 5.76. The van der Waals surface area contributed by atoms with Crippen molar-refractivity contribution in [3.8, 4) is 5.75 Å². The maximum absolute atomic E-state index is 10.6. The fourth-order valence-electron chi connectivity index (χ4n) is 1.19. The summed E-state index contributed by atoms with van der Waals surface area (Å²) in [6.07, 6.45) is 0. The molecule has 0 fully saturated rings. The Balaban J connectivity index is 2.22. The molecule has 1 aromatic rings. The van der Waals surface area contributed by atoms with E-state index in [0.29, 0.717) is 13.2 Å². The van der Waals surface area contributed by atoms with E-state index in [4.69, 9.17) is 20.2 Å². The van der Waals surface area contributed by atoms with Gasteiger partial charge in [0.1, 0.15) is 12.4 Å². The Morgan fingerprint density at radius 3 is 2.61 bits per heavy atom. The second-order valence-electron chi connectivity index (χ2n) is 3.64. The molecule has 0 aliphatic carbocycles. The van der Waals surface area contributed by atoms with Gasteiger partial charge in [-0.3, -0.25) is 0 Å². The molecule has 0 radical (unpaired) electrons. The summed E-state index contributed by atoms with van der Waals surface area (Å²) in [4.78, 5) is 0. The highest BCUT2D eigenvalue weighted by Gasteiger charge is 2.04. The zero-order valence-electron chi connectivity index (χ0n) is 9.86. The van der Waals surface area contributed by atoms with Crippen LogP contribution in [0.5, 0.6) is 5.75 Å². The highest BCUT2D eigenvalue weighted by molar-refractivity contribution is 9.10. The summed E-state index contributed by atoms with van der Waals surface area (Å²) >= 11 is 3.39. The average molecular weight is 358 g/mol. The molecule has 0 N–H and O–H groups in total. The highest BCUT2D eigenvalue weighted by atomic mass is 79.9. The summed E-state index contributed by atoms with van der Waals surface area (Å²) in [5.41, 5.74) is 1.14. The minimum absolute atomic E-state index is 0.0737. The molecule has 1 aromatic carbocycles. The van der Waals surface area contributed by atoms with Gasteiger partial charge in [-0.15, -0.1) is 0 Å². The lowest BCUT2D eigenvalue weighted by atomic mass is 10.2. The Hall–Kier alpha value is -0.300. The van der Waals surface area contributed by atoms with Crippen molar-refractivity contribution in [2.24, 2.45) is 0 Å². The van der Waals surface area contributed by atoms with Crippen LogP contribution < -0.4 is 4.74 Å². The zero-order valence-corrected chi connectivity index (χ0v) is 13.0. The Bertz CT molecular complexity index is 490. The van der Waals surface area contributed by atoms with Crippen LogP contribution in [-0.4, -0.2) is 34.0 Å². The lowest BCUT2D eigenvalue weighted by Gasteiger charge is -2.09. The molecule has 0 unspecified atom stereocenters. The van der Waals surface area contributed by atoms with Crippen molar-refractivity contribution in [3.05, 3.63) is 28.2 Å². The lowest BCUT2D eigenvalue weighted by Crippen LogP contribution is -2.12. The van der Waals surface area contributed by atoms with Crippen molar-refractivity contribution in [1.82, 2.24) is 0 Å². The SMILES string of the molecule is Cc1ccc(OCCOCCS(=O)(=O)Cl)c(Br)c1. The van der Waals surface area contributed by atoms with Crippen LogP contribution in [0.2, 0.25) is 0 Å². The standard InChI is InChI=1S/C11H14BrClO4S/c1-9-2-3-11(10(12)8-9)17-5-4-16-6-7-18(13,14)15/h2-3,8H,4-7H2,1H3. The monoisotopic (exact) mass is 356 g/mol. The minimum atomic E-state index is -3.48. The third-order valence-electron chi connectivity index (χ3n) is 2.04. The Kier molecular flexibility index (Phi) is 6.42. The molecule has 1 rings (SSSR count). The van der Waals surface area contributed by atoms with Gasteiger partial charge in [0.05, 0.1) is 23.4 Å². The molecular formula is C11H14BrClO4S. The van der Waals surface area contributed by atoms with Crippen LogP contribution >= 0.6 is 26.6 Å². The molecule has 7 heteroatoms. The molecule has 0 aliphatic rings. The number of ether oxygens (including phenoxy) is 2. The first-order valence-corrected chi connectivity index (χ1v) is 8.54. The maximum Gasteiger partial charge on any atom is 0.234 e. The van der Waals surface area contributed by atoms with E-state index in [1.54, 1.807) is 0 Å². The Morgan fingerprint density at radius 1 is 1.28 bits per heavy atom. The van der Waals surface area contributed by atoms with Crippen LogP contribution in [0.25, 0.3) is 0 Å². The molecule has 18 heavy (non-hydrogen) atoms. The van der Waals surface area contributed by atoms with Gasteiger partial charge in [-0.05, 0) is 40.5 Å². The van der Waals surface area contributed by atoms with E-state index in [1.807, 2.05) is 25.1 Å². The van der Waals surface area contributed by atoms with Gasteiger partial charge in [0.25, 0.3) is 0 Å². The van der Waals surface area contributed by atoms with Gasteiger partial charge in [0.2, 0.25) is 9.05 Å². The fraction of sp³-hybridized carbons (Fsp3) is 0.455. The van der Waals surface area contributed by atoms with E-state index in [1.165, 1.54) is 0 Å². The first kappa shape index (κ1) is 15.8. The van der Waals surface area contributed by atoms with Crippen molar-refractivity contribution in [1.29, 1.82) is 0 Å². The van der Waals surface area contributed by atoms with Crippen LogP contribution in [-0.2, 0) is 13.8 Å². The Morgan fingerprint density at radius 2 is 2.00 bits per heavy atom. The van der Waals surface area contributed by atoms with Gasteiger partial charge in [-0.1, -0.05) is 6.07 Å². The molecule has 0 bridgehead atoms. The smallest absolute Gasteiger partial charge is 0.234 e. The number of rotatable bonds is 7. The summed E-state index contributed by atoms with van der Waals surface area (Å²) < 4.78 is 32.7. The van der Waals surface area contributed by atoms with Crippen molar-refractivity contribution in [2.45, 2.75) is 6.92 Å². The van der Waals surface area contributed by atoms with Gasteiger partial charge in [-0.2, -0.15) is 0 Å². The third kappa shape index (κ3) is 6.58. The van der Waals surface area contributed by atoms with Gasteiger partial charge in [0.15, 0.2) is 0 Å². The first-order valence-electron chi connectivity index (χ1n) is 5.27. The van der Waals surface area contributed by atoms with Crippen LogP contribution in [0.4, 0.5) is 0 Å². The van der Waals surface area contributed by atoms with Crippen molar-refractivity contribution < 1.29 is 17.9 Å². The quantitative estimate of drug-likeness (QED) is 0.556. The number of hydrogen-bond donors (Lipinski definition) is 0. The second kappa shape index (κ2) is 7.33. The van der Waals surface area contributed by atoms with Gasteiger partial charge < -0.3 is 9.47 Å². The first-order chi connectivity index (χ1) is 8.38. The van der Waals surface area contributed by atoms with Crippen molar-refractivity contribution in [2.75, 3.05) is 25.6 Å². The largest absolute Gasteiger partial charge is 0.490 e. The predicted octanol–water partition coefficient (Wildman–Crippen LogP) is 2.72. The maximum atomic E-state index is 10.6. The average Bonchev–Trinajstić information content (AvgIpc) is 2.24. The molecule has 0 saturated carbocycles. The third-order valence-corrected chi connectivity index (χ3v) is 3.78. The van der Waals surface area contributed by atoms with Gasteiger partial charge >= 0.3 is 0 Å². The number of benzene rings is 1. The highest BCUT2D eigenvalue weighted by Crippen LogP contribution is 2.25.